The first-order valence-corrected chi connectivity index (χ1v) is 4.91. The number of aromatic nitrogens is 1. The van der Waals surface area contributed by atoms with E-state index in [1.54, 1.807) is 0 Å². The van der Waals surface area contributed by atoms with Gasteiger partial charge in [0.25, 0.3) is 6.43 Å². The molecule has 0 amide bonds. The molecule has 0 saturated heterocycles. The summed E-state index contributed by atoms with van der Waals surface area (Å²) in [5.74, 6) is -3.73. The van der Waals surface area contributed by atoms with Crippen molar-refractivity contribution in [2.45, 2.75) is 19.5 Å². The maximum absolute atomic E-state index is 13.2. The van der Waals surface area contributed by atoms with E-state index in [9.17, 15) is 31.1 Å². The number of halogens is 6. The van der Waals surface area contributed by atoms with E-state index in [4.69, 9.17) is 0 Å². The highest BCUT2D eigenvalue weighted by atomic mass is 19.4. The van der Waals surface area contributed by atoms with Crippen molar-refractivity contribution in [3.63, 3.8) is 0 Å². The fourth-order valence-corrected chi connectivity index (χ4v) is 1.28. The van der Waals surface area contributed by atoms with Gasteiger partial charge in [0.05, 0.1) is 12.2 Å². The van der Waals surface area contributed by atoms with Gasteiger partial charge in [0.2, 0.25) is 5.95 Å². The predicted molar refractivity (Wildman–Crippen MR) is 50.1 cm³/mol. The van der Waals surface area contributed by atoms with Crippen molar-refractivity contribution in [3.05, 3.63) is 28.8 Å². The van der Waals surface area contributed by atoms with Crippen LogP contribution in [0.3, 0.4) is 0 Å². The lowest BCUT2D eigenvalue weighted by atomic mass is 10.1. The van der Waals surface area contributed by atoms with Crippen LogP contribution in [0.4, 0.5) is 26.3 Å². The van der Waals surface area contributed by atoms with E-state index < -0.39 is 41.3 Å². The Balaban J connectivity index is 3.49. The van der Waals surface area contributed by atoms with Crippen LogP contribution in [0.1, 0.15) is 35.0 Å². The fourth-order valence-electron chi connectivity index (χ4n) is 1.28. The van der Waals surface area contributed by atoms with Crippen molar-refractivity contribution in [2.75, 3.05) is 6.61 Å². The molecule has 9 heteroatoms. The van der Waals surface area contributed by atoms with E-state index in [1.807, 2.05) is 0 Å². The van der Waals surface area contributed by atoms with Crippen molar-refractivity contribution < 1.29 is 35.9 Å². The molecular formula is C10H7F6NO2. The number of rotatable bonds is 3. The fraction of sp³-hybridized carbons (Fsp3) is 0.400. The van der Waals surface area contributed by atoms with Crippen LogP contribution in [0.5, 0.6) is 0 Å². The summed E-state index contributed by atoms with van der Waals surface area (Å²) in [6.45, 7) is 1.01. The van der Waals surface area contributed by atoms with Crippen LogP contribution in [0.25, 0.3) is 0 Å². The summed E-state index contributed by atoms with van der Waals surface area (Å²) in [7, 11) is 0. The van der Waals surface area contributed by atoms with Crippen molar-refractivity contribution in [1.29, 1.82) is 0 Å². The molecule has 0 unspecified atom stereocenters. The Morgan fingerprint density at radius 3 is 2.42 bits per heavy atom. The second-order valence-corrected chi connectivity index (χ2v) is 3.28. The summed E-state index contributed by atoms with van der Waals surface area (Å²) >= 11 is 0. The minimum atomic E-state index is -5.25. The van der Waals surface area contributed by atoms with Crippen LogP contribution < -0.4 is 0 Å². The molecule has 1 heterocycles. The van der Waals surface area contributed by atoms with E-state index in [1.165, 1.54) is 6.92 Å². The van der Waals surface area contributed by atoms with Gasteiger partial charge in [0.15, 0.2) is 0 Å². The zero-order valence-electron chi connectivity index (χ0n) is 9.39. The van der Waals surface area contributed by atoms with Gasteiger partial charge < -0.3 is 4.74 Å². The van der Waals surface area contributed by atoms with E-state index in [0.29, 0.717) is 0 Å². The van der Waals surface area contributed by atoms with E-state index in [0.717, 1.165) is 0 Å². The average Bonchev–Trinajstić information content (AvgIpc) is 2.26. The first-order valence-electron chi connectivity index (χ1n) is 4.91. The lowest BCUT2D eigenvalue weighted by Gasteiger charge is -2.13. The van der Waals surface area contributed by atoms with Crippen molar-refractivity contribution in [3.8, 4) is 0 Å². The third-order valence-corrected chi connectivity index (χ3v) is 2.00. The molecule has 1 aromatic heterocycles. The third-order valence-electron chi connectivity index (χ3n) is 2.00. The average molecular weight is 287 g/mol. The number of carbonyl (C=O) groups excluding carboxylic acids is 1. The third kappa shape index (κ3) is 3.36. The van der Waals surface area contributed by atoms with E-state index in [-0.39, 0.29) is 12.7 Å². The monoisotopic (exact) mass is 287 g/mol. The van der Waals surface area contributed by atoms with Gasteiger partial charge in [0, 0.05) is 0 Å². The minimum Gasteiger partial charge on any atom is -0.462 e. The SMILES string of the molecule is CCOC(=O)c1cc(C(F)F)nc(F)c1C(F)(F)F. The summed E-state index contributed by atoms with van der Waals surface area (Å²) in [6, 6.07) is 0.175. The number of alkyl halides is 5. The number of hydrogen-bond acceptors (Lipinski definition) is 3. The van der Waals surface area contributed by atoms with Crippen molar-refractivity contribution in [1.82, 2.24) is 4.98 Å². The highest BCUT2D eigenvalue weighted by molar-refractivity contribution is 5.91. The number of ether oxygens (including phenoxy) is 1. The minimum absolute atomic E-state index is 0.175. The highest BCUT2D eigenvalue weighted by Crippen LogP contribution is 2.35. The molecule has 1 aromatic rings. The van der Waals surface area contributed by atoms with Crippen LogP contribution >= 0.6 is 0 Å². The van der Waals surface area contributed by atoms with Gasteiger partial charge in [-0.05, 0) is 13.0 Å². The molecule has 3 nitrogen and oxygen atoms in total. The molecule has 106 valence electrons. The smallest absolute Gasteiger partial charge is 0.421 e. The summed E-state index contributed by atoms with van der Waals surface area (Å²) in [5.41, 5.74) is -4.61. The first-order chi connectivity index (χ1) is 8.68. The molecule has 0 radical (unpaired) electrons. The van der Waals surface area contributed by atoms with Gasteiger partial charge in [-0.3, -0.25) is 0 Å². The summed E-state index contributed by atoms with van der Waals surface area (Å²) in [5, 5.41) is 0. The maximum atomic E-state index is 13.2. The Labute approximate surface area is 103 Å². The Kier molecular flexibility index (Phi) is 4.38. The Hall–Kier alpha value is -1.80. The number of hydrogen-bond donors (Lipinski definition) is 0. The van der Waals surface area contributed by atoms with Crippen LogP contribution in [-0.4, -0.2) is 17.6 Å². The largest absolute Gasteiger partial charge is 0.462 e. The molecule has 0 aromatic carbocycles. The van der Waals surface area contributed by atoms with Crippen LogP contribution in [0, 0.1) is 5.95 Å². The summed E-state index contributed by atoms with van der Waals surface area (Å²) in [4.78, 5) is 13.8. The Morgan fingerprint density at radius 2 is 2.00 bits per heavy atom. The zero-order valence-corrected chi connectivity index (χ0v) is 9.39. The van der Waals surface area contributed by atoms with Gasteiger partial charge in [-0.1, -0.05) is 0 Å². The van der Waals surface area contributed by atoms with Crippen molar-refractivity contribution in [2.24, 2.45) is 0 Å². The molecule has 0 aliphatic heterocycles. The second-order valence-electron chi connectivity index (χ2n) is 3.28. The lowest BCUT2D eigenvalue weighted by Crippen LogP contribution is -2.19. The summed E-state index contributed by atoms with van der Waals surface area (Å²) in [6.07, 6.45) is -8.57. The normalized spacial score (nSPS) is 11.8. The van der Waals surface area contributed by atoms with Gasteiger partial charge in [-0.15, -0.1) is 0 Å². The highest BCUT2D eigenvalue weighted by Gasteiger charge is 2.41. The standard InChI is InChI=1S/C10H7F6NO2/c1-2-19-9(18)4-3-5(7(11)12)17-8(13)6(4)10(14,15)16/h3,7H,2H2,1H3. The zero-order chi connectivity index (χ0) is 14.8. The molecule has 0 spiro atoms. The number of pyridine rings is 1. The van der Waals surface area contributed by atoms with Gasteiger partial charge in [-0.25, -0.2) is 18.6 Å². The maximum Gasteiger partial charge on any atom is 0.421 e. The lowest BCUT2D eigenvalue weighted by molar-refractivity contribution is -0.141. The first kappa shape index (κ1) is 15.3. The van der Waals surface area contributed by atoms with E-state index in [2.05, 4.69) is 9.72 Å². The van der Waals surface area contributed by atoms with Crippen LogP contribution in [-0.2, 0) is 10.9 Å². The second kappa shape index (κ2) is 5.45. The summed E-state index contributed by atoms with van der Waals surface area (Å²) < 4.78 is 79.9. The Morgan fingerprint density at radius 1 is 1.42 bits per heavy atom. The molecule has 0 N–H and O–H groups in total. The van der Waals surface area contributed by atoms with Crippen LogP contribution in [0.15, 0.2) is 6.07 Å². The molecule has 0 atom stereocenters. The van der Waals surface area contributed by atoms with E-state index >= 15 is 0 Å². The molecule has 0 fully saturated rings. The van der Waals surface area contributed by atoms with Crippen molar-refractivity contribution >= 4 is 5.97 Å². The molecule has 0 aliphatic carbocycles. The Bertz CT molecular complexity index is 486. The van der Waals surface area contributed by atoms with Gasteiger partial charge >= 0.3 is 12.1 Å². The molecule has 0 saturated carbocycles. The molecule has 0 aliphatic rings. The molecule has 1 rings (SSSR count). The topological polar surface area (TPSA) is 39.2 Å². The number of nitrogens with zero attached hydrogens (tertiary/aromatic N) is 1. The molecular weight excluding hydrogens is 280 g/mol. The van der Waals surface area contributed by atoms with Crippen LogP contribution in [0.2, 0.25) is 0 Å². The quantitative estimate of drug-likeness (QED) is 0.486. The number of carbonyl (C=O) groups is 1. The predicted octanol–water partition coefficient (Wildman–Crippen LogP) is 3.35. The molecule has 19 heavy (non-hydrogen) atoms. The number of esters is 1. The van der Waals surface area contributed by atoms with Gasteiger partial charge in [0.1, 0.15) is 11.3 Å². The molecule has 0 bridgehead atoms. The van der Waals surface area contributed by atoms with Gasteiger partial charge in [-0.2, -0.15) is 17.6 Å².